The zero-order chi connectivity index (χ0) is 15.6. The van der Waals surface area contributed by atoms with Gasteiger partial charge in [-0.05, 0) is 19.9 Å². The number of amides is 1. The number of primary amides is 1. The number of carbonyl (C=O) groups excluding carboxylic acids is 2. The van der Waals surface area contributed by atoms with Gasteiger partial charge in [-0.2, -0.15) is 0 Å². The fraction of sp³-hybridized carbons (Fsp3) is 0.286. The zero-order valence-electron chi connectivity index (χ0n) is 11.8. The molecule has 0 aliphatic rings. The summed E-state index contributed by atoms with van der Waals surface area (Å²) in [5.41, 5.74) is 5.98. The standard InChI is InChI=1S/C14H16N4O3/c1-4-8-5-16-11-10(18-8)9(6-17-11)12(19)21-7-14(2,3)13(15)20/h4-6H,1,7H2,2-3H3,(H2,15,20)(H,16,17). The Morgan fingerprint density at radius 2 is 2.24 bits per heavy atom. The van der Waals surface area contributed by atoms with Gasteiger partial charge in [0.05, 0.1) is 17.3 Å². The van der Waals surface area contributed by atoms with Crippen LogP contribution in [0, 0.1) is 5.41 Å². The lowest BCUT2D eigenvalue weighted by Gasteiger charge is -2.19. The number of hydrogen-bond acceptors (Lipinski definition) is 5. The van der Waals surface area contributed by atoms with E-state index in [4.69, 9.17) is 10.5 Å². The number of aromatic nitrogens is 3. The Morgan fingerprint density at radius 3 is 2.86 bits per heavy atom. The molecule has 0 fully saturated rings. The van der Waals surface area contributed by atoms with Crippen molar-refractivity contribution in [3.05, 3.63) is 30.2 Å². The van der Waals surface area contributed by atoms with E-state index in [1.54, 1.807) is 13.8 Å². The van der Waals surface area contributed by atoms with Gasteiger partial charge >= 0.3 is 5.97 Å². The summed E-state index contributed by atoms with van der Waals surface area (Å²) in [4.78, 5) is 34.5. The molecule has 0 unspecified atom stereocenters. The number of H-pyrrole nitrogens is 1. The Labute approximate surface area is 121 Å². The second-order valence-corrected chi connectivity index (χ2v) is 5.22. The lowest BCUT2D eigenvalue weighted by Crippen LogP contribution is -2.36. The van der Waals surface area contributed by atoms with Crippen LogP contribution in [0.2, 0.25) is 0 Å². The predicted octanol–water partition coefficient (Wildman–Crippen LogP) is 1.27. The van der Waals surface area contributed by atoms with E-state index in [-0.39, 0.29) is 12.2 Å². The van der Waals surface area contributed by atoms with Gasteiger partial charge in [0, 0.05) is 6.20 Å². The highest BCUT2D eigenvalue weighted by Crippen LogP contribution is 2.19. The third-order valence-corrected chi connectivity index (χ3v) is 3.06. The van der Waals surface area contributed by atoms with E-state index in [0.717, 1.165) is 0 Å². The minimum absolute atomic E-state index is 0.109. The second-order valence-electron chi connectivity index (χ2n) is 5.22. The number of hydrogen-bond donors (Lipinski definition) is 2. The SMILES string of the molecule is C=Cc1cnc2[nH]cc(C(=O)OCC(C)(C)C(N)=O)c2n1. The van der Waals surface area contributed by atoms with Crippen LogP contribution in [-0.4, -0.2) is 33.4 Å². The van der Waals surface area contributed by atoms with E-state index < -0.39 is 17.3 Å². The number of rotatable bonds is 5. The topological polar surface area (TPSA) is 111 Å². The number of nitrogens with one attached hydrogen (secondary N) is 1. The number of fused-ring (bicyclic) bond motifs is 1. The van der Waals surface area contributed by atoms with Gasteiger partial charge in [0.2, 0.25) is 5.91 Å². The van der Waals surface area contributed by atoms with Gasteiger partial charge in [-0.15, -0.1) is 0 Å². The van der Waals surface area contributed by atoms with Crippen molar-refractivity contribution in [2.45, 2.75) is 13.8 Å². The predicted molar refractivity (Wildman–Crippen MR) is 77.2 cm³/mol. The van der Waals surface area contributed by atoms with Crippen LogP contribution in [-0.2, 0) is 9.53 Å². The number of carbonyl (C=O) groups is 2. The molecule has 0 radical (unpaired) electrons. The number of nitrogens with zero attached hydrogens (tertiary/aromatic N) is 2. The summed E-state index contributed by atoms with van der Waals surface area (Å²) in [7, 11) is 0. The van der Waals surface area contributed by atoms with E-state index in [1.807, 2.05) is 0 Å². The molecule has 2 heterocycles. The molecular weight excluding hydrogens is 272 g/mol. The molecule has 0 aliphatic heterocycles. The first-order chi connectivity index (χ1) is 9.85. The van der Waals surface area contributed by atoms with E-state index >= 15 is 0 Å². The minimum atomic E-state index is -0.931. The fourth-order valence-corrected chi connectivity index (χ4v) is 1.55. The van der Waals surface area contributed by atoms with E-state index in [2.05, 4.69) is 21.5 Å². The molecule has 0 spiro atoms. The highest BCUT2D eigenvalue weighted by Gasteiger charge is 2.28. The van der Waals surface area contributed by atoms with Gasteiger partial charge in [-0.25, -0.2) is 14.8 Å². The van der Waals surface area contributed by atoms with Crippen LogP contribution in [0.3, 0.4) is 0 Å². The minimum Gasteiger partial charge on any atom is -0.461 e. The highest BCUT2D eigenvalue weighted by molar-refractivity contribution is 6.01. The molecule has 3 N–H and O–H groups in total. The molecule has 7 nitrogen and oxygen atoms in total. The number of nitrogens with two attached hydrogens (primary N) is 1. The maximum Gasteiger partial charge on any atom is 0.342 e. The van der Waals surface area contributed by atoms with Gasteiger partial charge < -0.3 is 15.5 Å². The van der Waals surface area contributed by atoms with Crippen LogP contribution >= 0.6 is 0 Å². The van der Waals surface area contributed by atoms with Crippen molar-refractivity contribution in [1.29, 1.82) is 0 Å². The third kappa shape index (κ3) is 2.91. The van der Waals surface area contributed by atoms with Gasteiger partial charge in [-0.1, -0.05) is 6.58 Å². The Morgan fingerprint density at radius 1 is 1.52 bits per heavy atom. The molecule has 110 valence electrons. The lowest BCUT2D eigenvalue weighted by atomic mass is 9.94. The maximum atomic E-state index is 12.1. The normalized spacial score (nSPS) is 11.3. The van der Waals surface area contributed by atoms with E-state index in [9.17, 15) is 9.59 Å². The lowest BCUT2D eigenvalue weighted by molar-refractivity contribution is -0.127. The molecule has 0 aliphatic carbocycles. The average molecular weight is 288 g/mol. The van der Waals surface area contributed by atoms with Crippen LogP contribution in [0.25, 0.3) is 17.2 Å². The van der Waals surface area contributed by atoms with Crippen LogP contribution in [0.5, 0.6) is 0 Å². The second kappa shape index (κ2) is 5.35. The van der Waals surface area contributed by atoms with Gasteiger partial charge in [0.1, 0.15) is 17.7 Å². The first-order valence-electron chi connectivity index (χ1n) is 6.29. The van der Waals surface area contributed by atoms with Crippen molar-refractivity contribution in [2.75, 3.05) is 6.61 Å². The van der Waals surface area contributed by atoms with Crippen molar-refractivity contribution >= 4 is 29.1 Å². The molecule has 0 bridgehead atoms. The molecule has 2 aromatic rings. The van der Waals surface area contributed by atoms with Crippen LogP contribution in [0.1, 0.15) is 29.9 Å². The Hall–Kier alpha value is -2.70. The summed E-state index contributed by atoms with van der Waals surface area (Å²) in [6, 6.07) is 0. The van der Waals surface area contributed by atoms with Crippen LogP contribution in [0.4, 0.5) is 0 Å². The number of aromatic amines is 1. The van der Waals surface area contributed by atoms with Crippen molar-refractivity contribution in [3.8, 4) is 0 Å². The molecule has 1 amide bonds. The highest BCUT2D eigenvalue weighted by atomic mass is 16.5. The smallest absolute Gasteiger partial charge is 0.342 e. The van der Waals surface area contributed by atoms with Crippen molar-refractivity contribution < 1.29 is 14.3 Å². The number of ether oxygens (including phenoxy) is 1. The van der Waals surface area contributed by atoms with Crippen molar-refractivity contribution in [1.82, 2.24) is 15.0 Å². The third-order valence-electron chi connectivity index (χ3n) is 3.06. The zero-order valence-corrected chi connectivity index (χ0v) is 11.8. The molecule has 7 heteroatoms. The summed E-state index contributed by atoms with van der Waals surface area (Å²) >= 11 is 0. The Bertz CT molecular complexity index is 718. The first-order valence-corrected chi connectivity index (χ1v) is 6.29. The molecule has 2 rings (SSSR count). The molecule has 0 atom stereocenters. The molecule has 0 aromatic carbocycles. The molecule has 21 heavy (non-hydrogen) atoms. The molecule has 2 aromatic heterocycles. The monoisotopic (exact) mass is 288 g/mol. The number of esters is 1. The summed E-state index contributed by atoms with van der Waals surface area (Å²) in [5.74, 6) is -1.13. The molecular formula is C14H16N4O3. The van der Waals surface area contributed by atoms with Gasteiger partial charge in [0.25, 0.3) is 0 Å². The molecule has 0 saturated heterocycles. The fourth-order valence-electron chi connectivity index (χ4n) is 1.55. The van der Waals surface area contributed by atoms with Crippen LogP contribution < -0.4 is 5.73 Å². The molecule has 0 saturated carbocycles. The maximum absolute atomic E-state index is 12.1. The quantitative estimate of drug-likeness (QED) is 0.805. The van der Waals surface area contributed by atoms with Crippen molar-refractivity contribution in [3.63, 3.8) is 0 Å². The summed E-state index contributed by atoms with van der Waals surface area (Å²) in [6.07, 6.45) is 4.54. The Kier molecular flexibility index (Phi) is 3.75. The summed E-state index contributed by atoms with van der Waals surface area (Å²) in [6.45, 7) is 6.70. The Balaban J connectivity index is 2.24. The summed E-state index contributed by atoms with van der Waals surface area (Å²) < 4.78 is 5.14. The van der Waals surface area contributed by atoms with Gasteiger partial charge in [-0.3, -0.25) is 4.79 Å². The first kappa shape index (κ1) is 14.7. The van der Waals surface area contributed by atoms with Crippen molar-refractivity contribution in [2.24, 2.45) is 11.1 Å². The summed E-state index contributed by atoms with van der Waals surface area (Å²) in [5, 5.41) is 0. The largest absolute Gasteiger partial charge is 0.461 e. The van der Waals surface area contributed by atoms with E-state index in [1.165, 1.54) is 18.5 Å². The van der Waals surface area contributed by atoms with E-state index in [0.29, 0.717) is 16.9 Å². The average Bonchev–Trinajstić information content (AvgIpc) is 2.87. The van der Waals surface area contributed by atoms with Gasteiger partial charge in [0.15, 0.2) is 5.65 Å². The van der Waals surface area contributed by atoms with Crippen LogP contribution in [0.15, 0.2) is 19.0 Å².